The van der Waals surface area contributed by atoms with Crippen LogP contribution in [-0.4, -0.2) is 31.6 Å². The largest absolute Gasteiger partial charge is 0.497 e. The molecular formula is C27H23FN2O6. The number of carbonyl (C=O) groups is 3. The zero-order chi connectivity index (χ0) is 25.7. The van der Waals surface area contributed by atoms with Gasteiger partial charge in [0, 0.05) is 0 Å². The molecule has 3 aromatic carbocycles. The summed E-state index contributed by atoms with van der Waals surface area (Å²) >= 11 is 0. The van der Waals surface area contributed by atoms with Crippen molar-refractivity contribution in [2.45, 2.75) is 13.5 Å². The van der Waals surface area contributed by atoms with Crippen molar-refractivity contribution in [3.8, 4) is 17.2 Å². The molecule has 1 fully saturated rings. The highest BCUT2D eigenvalue weighted by Gasteiger charge is 2.36. The number of nitrogens with one attached hydrogen (secondary N) is 1. The van der Waals surface area contributed by atoms with Gasteiger partial charge in [-0.25, -0.2) is 14.1 Å². The Morgan fingerprint density at radius 2 is 1.64 bits per heavy atom. The summed E-state index contributed by atoms with van der Waals surface area (Å²) in [5.74, 6) is -0.494. The van der Waals surface area contributed by atoms with Crippen LogP contribution in [0, 0.1) is 5.82 Å². The summed E-state index contributed by atoms with van der Waals surface area (Å²) in [6, 6.07) is 16.3. The van der Waals surface area contributed by atoms with Crippen molar-refractivity contribution in [2.24, 2.45) is 0 Å². The lowest BCUT2D eigenvalue weighted by atomic mass is 10.1. The van der Waals surface area contributed by atoms with E-state index in [0.717, 1.165) is 10.5 Å². The molecule has 4 amide bonds. The molecule has 0 spiro atoms. The van der Waals surface area contributed by atoms with Gasteiger partial charge in [0.25, 0.3) is 11.8 Å². The number of methoxy groups -OCH3 is 1. The number of barbiturate groups is 1. The smallest absolute Gasteiger partial charge is 0.335 e. The minimum atomic E-state index is -0.841. The van der Waals surface area contributed by atoms with E-state index in [1.54, 1.807) is 54.6 Å². The average molecular weight is 490 g/mol. The summed E-state index contributed by atoms with van der Waals surface area (Å²) < 4.78 is 29.8. The summed E-state index contributed by atoms with van der Waals surface area (Å²) in [6.45, 7) is 2.36. The number of benzene rings is 3. The highest BCUT2D eigenvalue weighted by atomic mass is 19.1. The Morgan fingerprint density at radius 1 is 0.917 bits per heavy atom. The van der Waals surface area contributed by atoms with Crippen molar-refractivity contribution in [3.05, 3.63) is 89.2 Å². The van der Waals surface area contributed by atoms with Gasteiger partial charge in [-0.2, -0.15) is 0 Å². The molecule has 8 nitrogen and oxygen atoms in total. The van der Waals surface area contributed by atoms with Crippen LogP contribution < -0.4 is 24.4 Å². The Hall–Kier alpha value is -4.66. The van der Waals surface area contributed by atoms with Gasteiger partial charge in [0.2, 0.25) is 0 Å². The topological polar surface area (TPSA) is 94.2 Å². The summed E-state index contributed by atoms with van der Waals surface area (Å²) in [7, 11) is 1.50. The summed E-state index contributed by atoms with van der Waals surface area (Å²) in [5, 5.41) is 2.20. The quantitative estimate of drug-likeness (QED) is 0.370. The van der Waals surface area contributed by atoms with Gasteiger partial charge in [-0.15, -0.1) is 0 Å². The first-order chi connectivity index (χ1) is 17.4. The molecule has 1 aliphatic heterocycles. The van der Waals surface area contributed by atoms with Gasteiger partial charge in [-0.05, 0) is 72.7 Å². The zero-order valence-electron chi connectivity index (χ0n) is 19.6. The first-order valence-electron chi connectivity index (χ1n) is 11.1. The number of hydrogen-bond acceptors (Lipinski definition) is 6. The zero-order valence-corrected chi connectivity index (χ0v) is 19.6. The van der Waals surface area contributed by atoms with Crippen LogP contribution in [0.1, 0.15) is 18.1 Å². The number of carbonyl (C=O) groups excluding carboxylic acids is 3. The number of amides is 4. The molecule has 1 aliphatic rings. The Morgan fingerprint density at radius 3 is 2.31 bits per heavy atom. The molecule has 4 rings (SSSR count). The van der Waals surface area contributed by atoms with E-state index in [4.69, 9.17) is 14.2 Å². The Labute approximate surface area is 206 Å². The molecule has 1 N–H and O–H groups in total. The lowest BCUT2D eigenvalue weighted by molar-refractivity contribution is -0.122. The van der Waals surface area contributed by atoms with E-state index >= 15 is 0 Å². The predicted molar refractivity (Wildman–Crippen MR) is 130 cm³/mol. The van der Waals surface area contributed by atoms with Crippen molar-refractivity contribution >= 4 is 29.6 Å². The lowest BCUT2D eigenvalue weighted by Crippen LogP contribution is -2.54. The fourth-order valence-electron chi connectivity index (χ4n) is 3.53. The minimum absolute atomic E-state index is 0.195. The lowest BCUT2D eigenvalue weighted by Gasteiger charge is -2.26. The first-order valence-corrected chi connectivity index (χ1v) is 11.1. The number of ether oxygens (including phenoxy) is 3. The van der Waals surface area contributed by atoms with E-state index < -0.39 is 17.8 Å². The second kappa shape index (κ2) is 10.7. The molecule has 0 saturated carbocycles. The third-order valence-corrected chi connectivity index (χ3v) is 5.32. The van der Waals surface area contributed by atoms with E-state index in [1.165, 1.54) is 25.3 Å². The molecule has 0 unspecified atom stereocenters. The third-order valence-electron chi connectivity index (χ3n) is 5.32. The van der Waals surface area contributed by atoms with Crippen molar-refractivity contribution in [2.75, 3.05) is 18.6 Å². The molecule has 36 heavy (non-hydrogen) atoms. The number of nitrogens with zero attached hydrogens (tertiary/aromatic N) is 1. The first kappa shape index (κ1) is 24.5. The Balaban J connectivity index is 1.59. The van der Waals surface area contributed by atoms with E-state index in [-0.39, 0.29) is 23.7 Å². The van der Waals surface area contributed by atoms with Gasteiger partial charge in [0.1, 0.15) is 23.7 Å². The Kier molecular flexibility index (Phi) is 7.29. The molecular weight excluding hydrogens is 467 g/mol. The fraction of sp³-hybridized carbons (Fsp3) is 0.148. The van der Waals surface area contributed by atoms with E-state index in [0.29, 0.717) is 29.4 Å². The standard InChI is InChI=1S/C27H23FN2O6/c1-3-35-24-15-18(6-13-23(24)36-16-17-4-7-19(28)8-5-17)14-22-25(31)29-27(33)30(26(22)32)20-9-11-21(34-2)12-10-20/h4-15H,3,16H2,1-2H3,(H,29,31,33)/b22-14+. The highest BCUT2D eigenvalue weighted by Crippen LogP contribution is 2.31. The number of imide groups is 2. The Bertz CT molecular complexity index is 1320. The fourth-order valence-corrected chi connectivity index (χ4v) is 3.53. The van der Waals surface area contributed by atoms with Crippen LogP contribution in [0.25, 0.3) is 6.08 Å². The van der Waals surface area contributed by atoms with Crippen LogP contribution in [0.5, 0.6) is 17.2 Å². The highest BCUT2D eigenvalue weighted by molar-refractivity contribution is 6.39. The van der Waals surface area contributed by atoms with Gasteiger partial charge in [0.15, 0.2) is 11.5 Å². The third kappa shape index (κ3) is 5.35. The van der Waals surface area contributed by atoms with Crippen LogP contribution in [0.3, 0.4) is 0 Å². The second-order valence-electron chi connectivity index (χ2n) is 7.71. The summed E-state index contributed by atoms with van der Waals surface area (Å²) in [5.41, 5.74) is 1.34. The van der Waals surface area contributed by atoms with Crippen molar-refractivity contribution in [1.29, 1.82) is 0 Å². The maximum Gasteiger partial charge on any atom is 0.335 e. The second-order valence-corrected chi connectivity index (χ2v) is 7.71. The summed E-state index contributed by atoms with van der Waals surface area (Å²) in [6.07, 6.45) is 1.38. The van der Waals surface area contributed by atoms with Gasteiger partial charge < -0.3 is 14.2 Å². The van der Waals surface area contributed by atoms with Crippen LogP contribution in [-0.2, 0) is 16.2 Å². The van der Waals surface area contributed by atoms with Gasteiger partial charge in [0.05, 0.1) is 19.4 Å². The van der Waals surface area contributed by atoms with Crippen LogP contribution in [0.15, 0.2) is 72.3 Å². The number of urea groups is 1. The molecule has 1 saturated heterocycles. The number of anilines is 1. The average Bonchev–Trinajstić information content (AvgIpc) is 2.87. The maximum atomic E-state index is 13.1. The molecule has 1 heterocycles. The molecule has 0 aliphatic carbocycles. The molecule has 3 aromatic rings. The number of halogens is 1. The number of hydrogen-bond donors (Lipinski definition) is 1. The SMILES string of the molecule is CCOc1cc(/C=C2\C(=O)NC(=O)N(c3ccc(OC)cc3)C2=O)ccc1OCc1ccc(F)cc1. The molecule has 0 radical (unpaired) electrons. The van der Waals surface area contributed by atoms with Crippen LogP contribution >= 0.6 is 0 Å². The van der Waals surface area contributed by atoms with Gasteiger partial charge >= 0.3 is 6.03 Å². The maximum absolute atomic E-state index is 13.1. The normalized spacial score (nSPS) is 14.6. The van der Waals surface area contributed by atoms with Crippen LogP contribution in [0.4, 0.5) is 14.9 Å². The molecule has 0 aromatic heterocycles. The number of rotatable bonds is 8. The predicted octanol–water partition coefficient (Wildman–Crippen LogP) is 4.48. The van der Waals surface area contributed by atoms with Gasteiger partial charge in [-0.3, -0.25) is 14.9 Å². The van der Waals surface area contributed by atoms with Crippen molar-refractivity contribution < 1.29 is 33.0 Å². The summed E-state index contributed by atoms with van der Waals surface area (Å²) in [4.78, 5) is 38.9. The van der Waals surface area contributed by atoms with E-state index in [2.05, 4.69) is 5.32 Å². The van der Waals surface area contributed by atoms with Crippen LogP contribution in [0.2, 0.25) is 0 Å². The molecule has 9 heteroatoms. The van der Waals surface area contributed by atoms with Crippen molar-refractivity contribution in [1.82, 2.24) is 5.32 Å². The monoisotopic (exact) mass is 490 g/mol. The van der Waals surface area contributed by atoms with E-state index in [9.17, 15) is 18.8 Å². The molecule has 184 valence electrons. The van der Waals surface area contributed by atoms with Crippen molar-refractivity contribution in [3.63, 3.8) is 0 Å². The van der Waals surface area contributed by atoms with Gasteiger partial charge in [-0.1, -0.05) is 18.2 Å². The minimum Gasteiger partial charge on any atom is -0.497 e. The molecule has 0 atom stereocenters. The molecule has 0 bridgehead atoms. The van der Waals surface area contributed by atoms with E-state index in [1.807, 2.05) is 6.92 Å².